The summed E-state index contributed by atoms with van der Waals surface area (Å²) in [6, 6.07) is 0.181. The second-order valence-electron chi connectivity index (χ2n) is 5.22. The van der Waals surface area contributed by atoms with Crippen molar-refractivity contribution in [2.75, 3.05) is 33.4 Å². The van der Waals surface area contributed by atoms with Gasteiger partial charge in [-0.3, -0.25) is 4.79 Å². The van der Waals surface area contributed by atoms with Crippen molar-refractivity contribution in [3.8, 4) is 0 Å². The van der Waals surface area contributed by atoms with Gasteiger partial charge in [0.05, 0.1) is 12.6 Å². The minimum atomic E-state index is 0.181. The second kappa shape index (κ2) is 8.48. The van der Waals surface area contributed by atoms with Gasteiger partial charge in [-0.25, -0.2) is 0 Å². The fourth-order valence-corrected chi connectivity index (χ4v) is 2.71. The Morgan fingerprint density at radius 3 is 2.67 bits per heavy atom. The highest BCUT2D eigenvalue weighted by atomic mass is 16.5. The third-order valence-corrected chi connectivity index (χ3v) is 3.83. The summed E-state index contributed by atoms with van der Waals surface area (Å²) < 4.78 is 5.13. The number of hydrogen-bond acceptors (Lipinski definition) is 3. The summed E-state index contributed by atoms with van der Waals surface area (Å²) in [6.45, 7) is 7.69. The number of methoxy groups -OCH3 is 1. The van der Waals surface area contributed by atoms with Crippen LogP contribution in [-0.2, 0) is 9.53 Å². The molecule has 0 aliphatic carbocycles. The maximum absolute atomic E-state index is 12.2. The summed E-state index contributed by atoms with van der Waals surface area (Å²) in [5, 5.41) is 3.36. The van der Waals surface area contributed by atoms with E-state index in [1.165, 1.54) is 12.8 Å². The first kappa shape index (κ1) is 15.4. The number of nitrogens with zero attached hydrogens (tertiary/aromatic N) is 1. The summed E-state index contributed by atoms with van der Waals surface area (Å²) in [5.41, 5.74) is 0. The number of amides is 1. The molecule has 0 spiro atoms. The molecule has 1 N–H and O–H groups in total. The monoisotopic (exact) mass is 256 g/mol. The molecule has 0 saturated carbocycles. The van der Waals surface area contributed by atoms with Crippen LogP contribution in [0.2, 0.25) is 0 Å². The van der Waals surface area contributed by atoms with Crippen LogP contribution in [0, 0.1) is 5.92 Å². The lowest BCUT2D eigenvalue weighted by Crippen LogP contribution is -2.41. The highest BCUT2D eigenvalue weighted by Gasteiger charge is 2.20. The summed E-state index contributed by atoms with van der Waals surface area (Å²) in [4.78, 5) is 14.1. The Hall–Kier alpha value is -0.610. The number of ether oxygens (including phenoxy) is 1. The first-order valence-electron chi connectivity index (χ1n) is 7.18. The molecule has 4 nitrogen and oxygen atoms in total. The Morgan fingerprint density at radius 2 is 2.11 bits per heavy atom. The SMILES string of the molecule is CCN(C(=O)CCC1CCNCC1)C(C)COC. The van der Waals surface area contributed by atoms with Crippen molar-refractivity contribution in [3.63, 3.8) is 0 Å². The molecule has 0 aromatic heterocycles. The van der Waals surface area contributed by atoms with E-state index in [0.717, 1.165) is 32.0 Å². The number of carbonyl (C=O) groups excluding carboxylic acids is 1. The summed E-state index contributed by atoms with van der Waals surface area (Å²) >= 11 is 0. The molecule has 0 aromatic rings. The molecule has 0 aromatic carbocycles. The lowest BCUT2D eigenvalue weighted by atomic mass is 9.93. The first-order chi connectivity index (χ1) is 8.69. The molecule has 0 radical (unpaired) electrons. The van der Waals surface area contributed by atoms with Gasteiger partial charge >= 0.3 is 0 Å². The number of nitrogens with one attached hydrogen (secondary N) is 1. The molecule has 1 saturated heterocycles. The third-order valence-electron chi connectivity index (χ3n) is 3.83. The first-order valence-corrected chi connectivity index (χ1v) is 7.18. The number of rotatable bonds is 7. The molecule has 18 heavy (non-hydrogen) atoms. The molecule has 1 atom stereocenters. The van der Waals surface area contributed by atoms with Gasteiger partial charge in [0.2, 0.25) is 5.91 Å². The van der Waals surface area contributed by atoms with Crippen molar-refractivity contribution in [1.29, 1.82) is 0 Å². The van der Waals surface area contributed by atoms with Crippen LogP contribution in [0.5, 0.6) is 0 Å². The van der Waals surface area contributed by atoms with E-state index in [1.807, 2.05) is 11.8 Å². The highest BCUT2D eigenvalue weighted by Crippen LogP contribution is 2.18. The molecule has 4 heteroatoms. The van der Waals surface area contributed by atoms with Crippen molar-refractivity contribution >= 4 is 5.91 Å². The number of hydrogen-bond donors (Lipinski definition) is 1. The summed E-state index contributed by atoms with van der Waals surface area (Å²) in [7, 11) is 1.68. The Kier molecular flexibility index (Phi) is 7.28. The number of likely N-dealkylation sites (N-methyl/N-ethyl adjacent to an activating group) is 1. The Bertz CT molecular complexity index is 240. The van der Waals surface area contributed by atoms with E-state index in [0.29, 0.717) is 13.0 Å². The number of carbonyl (C=O) groups is 1. The predicted octanol–water partition coefficient (Wildman–Crippen LogP) is 1.65. The quantitative estimate of drug-likeness (QED) is 0.753. The lowest BCUT2D eigenvalue weighted by Gasteiger charge is -2.29. The molecule has 1 heterocycles. The number of piperidine rings is 1. The minimum absolute atomic E-state index is 0.181. The van der Waals surface area contributed by atoms with Crippen LogP contribution in [-0.4, -0.2) is 50.2 Å². The van der Waals surface area contributed by atoms with Gasteiger partial charge in [-0.15, -0.1) is 0 Å². The maximum Gasteiger partial charge on any atom is 0.222 e. The van der Waals surface area contributed by atoms with Crippen LogP contribution in [0.4, 0.5) is 0 Å². The van der Waals surface area contributed by atoms with Crippen LogP contribution < -0.4 is 5.32 Å². The predicted molar refractivity (Wildman–Crippen MR) is 73.6 cm³/mol. The minimum Gasteiger partial charge on any atom is -0.383 e. The average molecular weight is 256 g/mol. The zero-order valence-corrected chi connectivity index (χ0v) is 12.1. The average Bonchev–Trinajstić information content (AvgIpc) is 2.39. The molecular formula is C14H28N2O2. The van der Waals surface area contributed by atoms with E-state index < -0.39 is 0 Å². The van der Waals surface area contributed by atoms with Gasteiger partial charge in [0, 0.05) is 20.1 Å². The largest absolute Gasteiger partial charge is 0.383 e. The van der Waals surface area contributed by atoms with Crippen LogP contribution >= 0.6 is 0 Å². The van der Waals surface area contributed by atoms with E-state index in [4.69, 9.17) is 4.74 Å². The molecule has 1 rings (SSSR count). The fraction of sp³-hybridized carbons (Fsp3) is 0.929. The molecule has 1 amide bonds. The third kappa shape index (κ3) is 4.94. The second-order valence-corrected chi connectivity index (χ2v) is 5.22. The van der Waals surface area contributed by atoms with E-state index in [1.54, 1.807) is 7.11 Å². The molecule has 1 aliphatic rings. The fourth-order valence-electron chi connectivity index (χ4n) is 2.71. The molecule has 106 valence electrons. The van der Waals surface area contributed by atoms with E-state index >= 15 is 0 Å². The Balaban J connectivity index is 2.32. The van der Waals surface area contributed by atoms with Crippen molar-refractivity contribution in [2.24, 2.45) is 5.92 Å². The van der Waals surface area contributed by atoms with E-state index in [-0.39, 0.29) is 11.9 Å². The molecule has 0 bridgehead atoms. The lowest BCUT2D eigenvalue weighted by molar-refractivity contribution is -0.134. The standard InChI is InChI=1S/C14H28N2O2/c1-4-16(12(2)11-18-3)14(17)6-5-13-7-9-15-10-8-13/h12-13,15H,4-11H2,1-3H3. The highest BCUT2D eigenvalue weighted by molar-refractivity contribution is 5.76. The van der Waals surface area contributed by atoms with E-state index in [9.17, 15) is 4.79 Å². The van der Waals surface area contributed by atoms with Crippen LogP contribution in [0.15, 0.2) is 0 Å². The van der Waals surface area contributed by atoms with Crippen LogP contribution in [0.25, 0.3) is 0 Å². The Labute approximate surface area is 111 Å². The van der Waals surface area contributed by atoms with Gasteiger partial charge in [0.25, 0.3) is 0 Å². The summed E-state index contributed by atoms with van der Waals surface area (Å²) in [6.07, 6.45) is 4.16. The molecule has 1 aliphatic heterocycles. The Morgan fingerprint density at radius 1 is 1.44 bits per heavy atom. The van der Waals surface area contributed by atoms with Gasteiger partial charge in [0.1, 0.15) is 0 Å². The molecule has 1 fully saturated rings. The van der Waals surface area contributed by atoms with Crippen molar-refractivity contribution in [2.45, 2.75) is 45.6 Å². The van der Waals surface area contributed by atoms with Crippen molar-refractivity contribution < 1.29 is 9.53 Å². The maximum atomic E-state index is 12.2. The van der Waals surface area contributed by atoms with Gasteiger partial charge in [-0.05, 0) is 52.1 Å². The van der Waals surface area contributed by atoms with Gasteiger partial charge in [-0.2, -0.15) is 0 Å². The van der Waals surface area contributed by atoms with Gasteiger partial charge in [-0.1, -0.05) is 0 Å². The van der Waals surface area contributed by atoms with Gasteiger partial charge in [0.15, 0.2) is 0 Å². The molecule has 1 unspecified atom stereocenters. The topological polar surface area (TPSA) is 41.6 Å². The van der Waals surface area contributed by atoms with Crippen molar-refractivity contribution in [1.82, 2.24) is 10.2 Å². The van der Waals surface area contributed by atoms with E-state index in [2.05, 4.69) is 12.2 Å². The smallest absolute Gasteiger partial charge is 0.222 e. The zero-order chi connectivity index (χ0) is 13.4. The zero-order valence-electron chi connectivity index (χ0n) is 12.1. The summed E-state index contributed by atoms with van der Waals surface area (Å²) in [5.74, 6) is 1.01. The van der Waals surface area contributed by atoms with Gasteiger partial charge < -0.3 is 15.0 Å². The van der Waals surface area contributed by atoms with Crippen molar-refractivity contribution in [3.05, 3.63) is 0 Å². The molecular weight excluding hydrogens is 228 g/mol. The normalized spacial score (nSPS) is 18.6. The van der Waals surface area contributed by atoms with Crippen LogP contribution in [0.1, 0.15) is 39.5 Å². The van der Waals surface area contributed by atoms with Crippen LogP contribution in [0.3, 0.4) is 0 Å².